The van der Waals surface area contributed by atoms with Crippen LogP contribution in [0.3, 0.4) is 0 Å². The van der Waals surface area contributed by atoms with Crippen molar-refractivity contribution < 1.29 is 24.1 Å². The number of hydrogen-bond donors (Lipinski definition) is 2. The molecule has 2 aromatic carbocycles. The summed E-state index contributed by atoms with van der Waals surface area (Å²) in [5.74, 6) is -2.13. The Labute approximate surface area is 152 Å². The molecule has 9 heteroatoms. The quantitative estimate of drug-likeness (QED) is 0.684. The van der Waals surface area contributed by atoms with Crippen LogP contribution in [0, 0.1) is 5.82 Å². The van der Waals surface area contributed by atoms with Crippen molar-refractivity contribution in [3.63, 3.8) is 0 Å². The number of nitrogens with zero attached hydrogens (tertiary/aromatic N) is 3. The van der Waals surface area contributed by atoms with Crippen molar-refractivity contribution in [2.45, 2.75) is 13.2 Å². The van der Waals surface area contributed by atoms with Gasteiger partial charge >= 0.3 is 5.97 Å². The van der Waals surface area contributed by atoms with Gasteiger partial charge in [0.2, 0.25) is 0 Å². The van der Waals surface area contributed by atoms with Gasteiger partial charge in [-0.1, -0.05) is 28.9 Å². The summed E-state index contributed by atoms with van der Waals surface area (Å²) in [5, 5.41) is 27.1. The Hall–Kier alpha value is -2.97. The maximum Gasteiger partial charge on any atom is 0.339 e. The molecule has 7 nitrogen and oxygen atoms in total. The fraction of sp³-hybridized carbons (Fsp3) is 0.118. The summed E-state index contributed by atoms with van der Waals surface area (Å²) in [6.07, 6.45) is 1.47. The average Bonchev–Trinajstić information content (AvgIpc) is 3.05. The lowest BCUT2D eigenvalue weighted by atomic mass is 10.1. The minimum atomic E-state index is -1.31. The molecule has 0 fully saturated rings. The lowest BCUT2D eigenvalue weighted by Gasteiger charge is -2.07. The van der Waals surface area contributed by atoms with E-state index in [1.54, 1.807) is 12.1 Å². The Morgan fingerprint density at radius 3 is 2.81 bits per heavy atom. The van der Waals surface area contributed by atoms with E-state index in [0.29, 0.717) is 11.3 Å². The number of halogens is 2. The lowest BCUT2D eigenvalue weighted by molar-refractivity contribution is 0.0693. The van der Waals surface area contributed by atoms with Gasteiger partial charge in [-0.05, 0) is 29.8 Å². The average molecular weight is 378 g/mol. The SMILES string of the molecule is O=C(O)c1cc(Cl)cc(-n2cc(COCc3cccc(F)c3)nn2)c1O. The van der Waals surface area contributed by atoms with Crippen molar-refractivity contribution >= 4 is 17.6 Å². The topological polar surface area (TPSA) is 97.5 Å². The van der Waals surface area contributed by atoms with Crippen LogP contribution in [0.15, 0.2) is 42.6 Å². The zero-order valence-corrected chi connectivity index (χ0v) is 14.0. The molecule has 3 aromatic rings. The van der Waals surface area contributed by atoms with Gasteiger partial charge in [-0.2, -0.15) is 0 Å². The largest absolute Gasteiger partial charge is 0.505 e. The Morgan fingerprint density at radius 2 is 2.08 bits per heavy atom. The predicted octanol–water partition coefficient (Wildman–Crippen LogP) is 3.18. The highest BCUT2D eigenvalue weighted by molar-refractivity contribution is 6.31. The summed E-state index contributed by atoms with van der Waals surface area (Å²) in [7, 11) is 0. The van der Waals surface area contributed by atoms with Crippen molar-refractivity contribution in [3.05, 3.63) is 70.3 Å². The van der Waals surface area contributed by atoms with E-state index in [0.717, 1.165) is 6.07 Å². The molecule has 0 unspecified atom stereocenters. The molecule has 0 saturated heterocycles. The number of ether oxygens (including phenoxy) is 1. The van der Waals surface area contributed by atoms with Gasteiger partial charge in [0.15, 0.2) is 5.75 Å². The van der Waals surface area contributed by atoms with Gasteiger partial charge in [0.05, 0.1) is 19.4 Å². The second-order valence-electron chi connectivity index (χ2n) is 5.40. The van der Waals surface area contributed by atoms with E-state index in [-0.39, 0.29) is 35.3 Å². The molecule has 0 aliphatic carbocycles. The van der Waals surface area contributed by atoms with Crippen molar-refractivity contribution in [2.24, 2.45) is 0 Å². The molecule has 2 N–H and O–H groups in total. The van der Waals surface area contributed by atoms with Crippen LogP contribution in [0.1, 0.15) is 21.6 Å². The molecule has 0 bridgehead atoms. The van der Waals surface area contributed by atoms with Crippen LogP contribution in [0.4, 0.5) is 4.39 Å². The van der Waals surface area contributed by atoms with Crippen molar-refractivity contribution in [1.29, 1.82) is 0 Å². The van der Waals surface area contributed by atoms with Gasteiger partial charge < -0.3 is 14.9 Å². The number of benzene rings is 2. The minimum Gasteiger partial charge on any atom is -0.505 e. The number of aromatic carboxylic acids is 1. The van der Waals surface area contributed by atoms with Crippen LogP contribution in [0.2, 0.25) is 5.02 Å². The van der Waals surface area contributed by atoms with Crippen LogP contribution in [0.25, 0.3) is 5.69 Å². The third kappa shape index (κ3) is 3.98. The van der Waals surface area contributed by atoms with Gasteiger partial charge in [-0.15, -0.1) is 5.10 Å². The number of carboxylic acids is 1. The molecule has 26 heavy (non-hydrogen) atoms. The highest BCUT2D eigenvalue weighted by Crippen LogP contribution is 2.30. The minimum absolute atomic E-state index is 0.0822. The third-order valence-electron chi connectivity index (χ3n) is 3.48. The van der Waals surface area contributed by atoms with E-state index in [4.69, 9.17) is 21.4 Å². The van der Waals surface area contributed by atoms with E-state index in [9.17, 15) is 14.3 Å². The zero-order valence-electron chi connectivity index (χ0n) is 13.3. The molecular formula is C17H13ClFN3O4. The number of hydrogen-bond acceptors (Lipinski definition) is 5. The molecule has 1 aromatic heterocycles. The van der Waals surface area contributed by atoms with E-state index < -0.39 is 11.7 Å². The van der Waals surface area contributed by atoms with Crippen molar-refractivity contribution in [1.82, 2.24) is 15.0 Å². The summed E-state index contributed by atoms with van der Waals surface area (Å²) in [6, 6.07) is 8.55. The number of aromatic nitrogens is 3. The standard InChI is InChI=1S/C17H13ClFN3O4/c18-11-5-14(17(24)25)16(23)15(6-11)22-7-13(20-21-22)9-26-8-10-2-1-3-12(19)4-10/h1-7,23H,8-9H2,(H,24,25). The fourth-order valence-electron chi connectivity index (χ4n) is 2.31. The molecule has 0 spiro atoms. The van der Waals surface area contributed by atoms with Crippen LogP contribution < -0.4 is 0 Å². The van der Waals surface area contributed by atoms with E-state index in [1.807, 2.05) is 0 Å². The number of aromatic hydroxyl groups is 1. The number of rotatable bonds is 6. The highest BCUT2D eigenvalue weighted by Gasteiger charge is 2.17. The summed E-state index contributed by atoms with van der Waals surface area (Å²) in [4.78, 5) is 11.2. The summed E-state index contributed by atoms with van der Waals surface area (Å²) in [6.45, 7) is 0.291. The molecule has 0 amide bonds. The first-order chi connectivity index (χ1) is 12.4. The molecule has 0 atom stereocenters. The molecule has 0 radical (unpaired) electrons. The van der Waals surface area contributed by atoms with Crippen LogP contribution in [-0.2, 0) is 18.0 Å². The zero-order chi connectivity index (χ0) is 18.7. The normalized spacial score (nSPS) is 10.8. The first-order valence-corrected chi connectivity index (χ1v) is 7.81. The summed E-state index contributed by atoms with van der Waals surface area (Å²) >= 11 is 5.90. The van der Waals surface area contributed by atoms with Gasteiger partial charge in [0.25, 0.3) is 0 Å². The van der Waals surface area contributed by atoms with E-state index >= 15 is 0 Å². The maximum atomic E-state index is 13.1. The molecule has 3 rings (SSSR count). The first-order valence-electron chi connectivity index (χ1n) is 7.43. The van der Waals surface area contributed by atoms with Crippen LogP contribution in [-0.4, -0.2) is 31.2 Å². The van der Waals surface area contributed by atoms with Crippen molar-refractivity contribution in [3.8, 4) is 11.4 Å². The van der Waals surface area contributed by atoms with Gasteiger partial charge in [-0.25, -0.2) is 13.9 Å². The Morgan fingerprint density at radius 1 is 1.27 bits per heavy atom. The number of carbonyl (C=O) groups is 1. The first kappa shape index (κ1) is 17.8. The molecular weight excluding hydrogens is 365 g/mol. The monoisotopic (exact) mass is 377 g/mol. The van der Waals surface area contributed by atoms with Crippen LogP contribution in [0.5, 0.6) is 5.75 Å². The van der Waals surface area contributed by atoms with E-state index in [2.05, 4.69) is 10.3 Å². The second-order valence-corrected chi connectivity index (χ2v) is 5.84. The summed E-state index contributed by atoms with van der Waals surface area (Å²) < 4.78 is 19.8. The molecule has 0 aliphatic heterocycles. The predicted molar refractivity (Wildman–Crippen MR) is 89.9 cm³/mol. The second kappa shape index (κ2) is 7.51. The molecule has 1 heterocycles. The van der Waals surface area contributed by atoms with Gasteiger partial charge in [0, 0.05) is 5.02 Å². The van der Waals surface area contributed by atoms with Gasteiger partial charge in [-0.3, -0.25) is 0 Å². The Bertz CT molecular complexity index is 961. The van der Waals surface area contributed by atoms with Crippen molar-refractivity contribution in [2.75, 3.05) is 0 Å². The molecule has 134 valence electrons. The smallest absolute Gasteiger partial charge is 0.339 e. The number of carboxylic acid groups (broad SMARTS) is 1. The third-order valence-corrected chi connectivity index (χ3v) is 3.70. The lowest BCUT2D eigenvalue weighted by Crippen LogP contribution is -2.02. The Balaban J connectivity index is 1.73. The summed E-state index contributed by atoms with van der Waals surface area (Å²) in [5.41, 5.74) is 0.860. The Kier molecular flexibility index (Phi) is 5.15. The van der Waals surface area contributed by atoms with Gasteiger partial charge in [0.1, 0.15) is 22.8 Å². The van der Waals surface area contributed by atoms with E-state index in [1.165, 1.54) is 29.1 Å². The highest BCUT2D eigenvalue weighted by atomic mass is 35.5. The van der Waals surface area contributed by atoms with Crippen LogP contribution >= 0.6 is 11.6 Å². The number of phenols is 1. The molecule has 0 saturated carbocycles. The fourth-order valence-corrected chi connectivity index (χ4v) is 2.52. The maximum absolute atomic E-state index is 13.1. The molecule has 0 aliphatic rings.